The highest BCUT2D eigenvalue weighted by Crippen LogP contribution is 2.21. The van der Waals surface area contributed by atoms with Crippen molar-refractivity contribution < 1.29 is 5.11 Å². The van der Waals surface area contributed by atoms with Gasteiger partial charge >= 0.3 is 0 Å². The highest BCUT2D eigenvalue weighted by molar-refractivity contribution is 5.89. The van der Waals surface area contributed by atoms with E-state index in [1.807, 2.05) is 31.2 Å². The van der Waals surface area contributed by atoms with Crippen LogP contribution in [0.15, 0.2) is 30.5 Å². The van der Waals surface area contributed by atoms with Crippen molar-refractivity contribution in [3.05, 3.63) is 36.2 Å². The first kappa shape index (κ1) is 12.3. The highest BCUT2D eigenvalue weighted by Gasteiger charge is 2.06. The van der Waals surface area contributed by atoms with Crippen LogP contribution in [0.25, 0.3) is 10.8 Å². The summed E-state index contributed by atoms with van der Waals surface area (Å²) < 4.78 is 0. The highest BCUT2D eigenvalue weighted by atomic mass is 16.3. The Morgan fingerprint density at radius 2 is 2.28 bits per heavy atom. The van der Waals surface area contributed by atoms with E-state index in [4.69, 9.17) is 10.4 Å². The first-order chi connectivity index (χ1) is 8.78. The average Bonchev–Trinajstić information content (AvgIpc) is 2.43. The summed E-state index contributed by atoms with van der Waals surface area (Å²) >= 11 is 0. The third-order valence-electron chi connectivity index (χ3n) is 2.95. The van der Waals surface area contributed by atoms with Gasteiger partial charge in [0.05, 0.1) is 6.61 Å². The minimum absolute atomic E-state index is 0.0553. The number of anilines is 1. The maximum atomic E-state index is 9.17. The summed E-state index contributed by atoms with van der Waals surface area (Å²) in [6, 6.07) is 9.77. The van der Waals surface area contributed by atoms with Crippen molar-refractivity contribution in [2.75, 3.05) is 11.9 Å². The SMILES string of the molecule is CC[C@@H](CO)Nc1ccc2c(C#N)nccc2c1. The Labute approximate surface area is 106 Å². The minimum Gasteiger partial charge on any atom is -0.394 e. The fraction of sp³-hybridized carbons (Fsp3) is 0.286. The Balaban J connectivity index is 2.37. The zero-order valence-corrected chi connectivity index (χ0v) is 10.2. The normalized spacial score (nSPS) is 12.1. The lowest BCUT2D eigenvalue weighted by Crippen LogP contribution is -2.22. The van der Waals surface area contributed by atoms with Gasteiger partial charge in [-0.2, -0.15) is 5.26 Å². The molecule has 0 unspecified atom stereocenters. The quantitative estimate of drug-likeness (QED) is 0.861. The van der Waals surface area contributed by atoms with Crippen LogP contribution in [0.1, 0.15) is 19.0 Å². The van der Waals surface area contributed by atoms with Crippen molar-refractivity contribution in [3.8, 4) is 6.07 Å². The second kappa shape index (κ2) is 5.48. The van der Waals surface area contributed by atoms with Gasteiger partial charge in [-0.15, -0.1) is 0 Å². The third kappa shape index (κ3) is 2.41. The van der Waals surface area contributed by atoms with Crippen LogP contribution in [0.3, 0.4) is 0 Å². The maximum Gasteiger partial charge on any atom is 0.148 e. The molecule has 0 spiro atoms. The number of rotatable bonds is 4. The molecule has 0 aliphatic rings. The van der Waals surface area contributed by atoms with Crippen molar-refractivity contribution in [3.63, 3.8) is 0 Å². The number of aromatic nitrogens is 1. The Morgan fingerprint density at radius 1 is 1.44 bits per heavy atom. The number of benzene rings is 1. The summed E-state index contributed by atoms with van der Waals surface area (Å²) in [6.45, 7) is 2.13. The molecule has 0 aliphatic heterocycles. The van der Waals surface area contributed by atoms with Crippen LogP contribution in [0.2, 0.25) is 0 Å². The molecular formula is C14H15N3O. The van der Waals surface area contributed by atoms with Crippen molar-refractivity contribution in [2.24, 2.45) is 0 Å². The van der Waals surface area contributed by atoms with E-state index in [1.54, 1.807) is 6.20 Å². The largest absolute Gasteiger partial charge is 0.394 e. The molecule has 0 amide bonds. The smallest absolute Gasteiger partial charge is 0.148 e. The summed E-state index contributed by atoms with van der Waals surface area (Å²) in [5.74, 6) is 0. The number of pyridine rings is 1. The zero-order chi connectivity index (χ0) is 13.0. The van der Waals surface area contributed by atoms with Crippen LogP contribution >= 0.6 is 0 Å². The number of hydrogen-bond acceptors (Lipinski definition) is 4. The Morgan fingerprint density at radius 3 is 2.94 bits per heavy atom. The topological polar surface area (TPSA) is 68.9 Å². The van der Waals surface area contributed by atoms with Gasteiger partial charge in [0, 0.05) is 23.3 Å². The van der Waals surface area contributed by atoms with E-state index in [0.29, 0.717) is 5.69 Å². The van der Waals surface area contributed by atoms with Gasteiger partial charge in [0.25, 0.3) is 0 Å². The predicted molar refractivity (Wildman–Crippen MR) is 71.2 cm³/mol. The molecule has 1 aromatic carbocycles. The number of fused-ring (bicyclic) bond motifs is 1. The molecule has 4 nitrogen and oxygen atoms in total. The fourth-order valence-electron chi connectivity index (χ4n) is 1.87. The van der Waals surface area contributed by atoms with Gasteiger partial charge in [0.1, 0.15) is 11.8 Å². The van der Waals surface area contributed by atoms with Gasteiger partial charge in [0.15, 0.2) is 0 Å². The van der Waals surface area contributed by atoms with E-state index in [0.717, 1.165) is 22.9 Å². The number of aliphatic hydroxyl groups is 1. The molecular weight excluding hydrogens is 226 g/mol. The van der Waals surface area contributed by atoms with E-state index >= 15 is 0 Å². The number of nitrogens with one attached hydrogen (secondary N) is 1. The molecule has 2 aromatic rings. The fourth-order valence-corrected chi connectivity index (χ4v) is 1.87. The molecule has 1 heterocycles. The Hall–Kier alpha value is -2.12. The lowest BCUT2D eigenvalue weighted by Gasteiger charge is -2.15. The summed E-state index contributed by atoms with van der Waals surface area (Å²) in [5.41, 5.74) is 1.38. The standard InChI is InChI=1S/C14H15N3O/c1-2-11(9-18)17-12-3-4-13-10(7-12)5-6-16-14(13)8-15/h3-7,11,17-18H,2,9H2,1H3/t11-/m0/s1. The second-order valence-electron chi connectivity index (χ2n) is 4.14. The molecule has 0 saturated heterocycles. The number of hydrogen-bond donors (Lipinski definition) is 2. The summed E-state index contributed by atoms with van der Waals surface area (Å²) in [7, 11) is 0. The number of aliphatic hydroxyl groups excluding tert-OH is 1. The van der Waals surface area contributed by atoms with E-state index in [1.165, 1.54) is 0 Å². The predicted octanol–water partition coefficient (Wildman–Crippen LogP) is 2.29. The summed E-state index contributed by atoms with van der Waals surface area (Å²) in [6.07, 6.45) is 2.49. The minimum atomic E-state index is 0.0553. The molecule has 4 heteroatoms. The van der Waals surface area contributed by atoms with Gasteiger partial charge in [-0.05, 0) is 36.1 Å². The first-order valence-electron chi connectivity index (χ1n) is 5.94. The van der Waals surface area contributed by atoms with Crippen molar-refractivity contribution >= 4 is 16.5 Å². The van der Waals surface area contributed by atoms with Crippen LogP contribution in [0, 0.1) is 11.3 Å². The second-order valence-corrected chi connectivity index (χ2v) is 4.14. The maximum absolute atomic E-state index is 9.17. The van der Waals surface area contributed by atoms with E-state index < -0.39 is 0 Å². The van der Waals surface area contributed by atoms with Crippen LogP contribution in [-0.4, -0.2) is 22.7 Å². The molecule has 2 N–H and O–H groups in total. The van der Waals surface area contributed by atoms with Gasteiger partial charge in [-0.1, -0.05) is 6.92 Å². The molecule has 0 bridgehead atoms. The molecule has 0 fully saturated rings. The molecule has 18 heavy (non-hydrogen) atoms. The molecule has 92 valence electrons. The molecule has 0 saturated carbocycles. The molecule has 1 aromatic heterocycles. The van der Waals surface area contributed by atoms with Gasteiger partial charge in [-0.3, -0.25) is 0 Å². The first-order valence-corrected chi connectivity index (χ1v) is 5.94. The zero-order valence-electron chi connectivity index (χ0n) is 10.2. The molecule has 1 atom stereocenters. The van der Waals surface area contributed by atoms with Crippen LogP contribution < -0.4 is 5.32 Å². The summed E-state index contributed by atoms with van der Waals surface area (Å²) in [5, 5.41) is 23.2. The van der Waals surface area contributed by atoms with Gasteiger partial charge in [0.2, 0.25) is 0 Å². The number of nitrogens with zero attached hydrogens (tertiary/aromatic N) is 2. The van der Waals surface area contributed by atoms with Crippen LogP contribution in [0.5, 0.6) is 0 Å². The van der Waals surface area contributed by atoms with Crippen LogP contribution in [0.4, 0.5) is 5.69 Å². The third-order valence-corrected chi connectivity index (χ3v) is 2.95. The van der Waals surface area contributed by atoms with Crippen molar-refractivity contribution in [1.29, 1.82) is 5.26 Å². The monoisotopic (exact) mass is 241 g/mol. The molecule has 2 rings (SSSR count). The lowest BCUT2D eigenvalue weighted by atomic mass is 10.1. The van der Waals surface area contributed by atoms with Crippen molar-refractivity contribution in [2.45, 2.75) is 19.4 Å². The number of nitriles is 1. The van der Waals surface area contributed by atoms with Crippen molar-refractivity contribution in [1.82, 2.24) is 4.98 Å². The van der Waals surface area contributed by atoms with E-state index in [-0.39, 0.29) is 12.6 Å². The lowest BCUT2D eigenvalue weighted by molar-refractivity contribution is 0.272. The average molecular weight is 241 g/mol. The van der Waals surface area contributed by atoms with Gasteiger partial charge < -0.3 is 10.4 Å². The van der Waals surface area contributed by atoms with E-state index in [2.05, 4.69) is 16.4 Å². The van der Waals surface area contributed by atoms with E-state index in [9.17, 15) is 0 Å². The Bertz CT molecular complexity index is 585. The van der Waals surface area contributed by atoms with Gasteiger partial charge in [-0.25, -0.2) is 4.98 Å². The van der Waals surface area contributed by atoms with Crippen LogP contribution in [-0.2, 0) is 0 Å². The summed E-state index contributed by atoms with van der Waals surface area (Å²) in [4.78, 5) is 4.03. The molecule has 0 radical (unpaired) electrons. The molecule has 0 aliphatic carbocycles. The Kier molecular flexibility index (Phi) is 3.75.